The first kappa shape index (κ1) is 10.6. The molecule has 0 saturated carbocycles. The van der Waals surface area contributed by atoms with Gasteiger partial charge in [-0.2, -0.15) is 0 Å². The lowest BCUT2D eigenvalue weighted by Crippen LogP contribution is -2.38. The standard InChI is InChI=1S/C11H21NO/c1-7(2)10-6-9(5)12(8(3)4)11(10)13/h7-10H,6H2,1-5H3. The van der Waals surface area contributed by atoms with Crippen molar-refractivity contribution in [2.45, 2.75) is 53.1 Å². The SMILES string of the molecule is CC(C)C1CC(C)N(C(C)C)C1=O. The summed E-state index contributed by atoms with van der Waals surface area (Å²) >= 11 is 0. The number of rotatable bonds is 2. The van der Waals surface area contributed by atoms with Crippen molar-refractivity contribution in [3.05, 3.63) is 0 Å². The Balaban J connectivity index is 2.75. The number of hydrogen-bond acceptors (Lipinski definition) is 1. The molecule has 0 aromatic rings. The molecule has 0 bridgehead atoms. The summed E-state index contributed by atoms with van der Waals surface area (Å²) < 4.78 is 0. The molecule has 2 heteroatoms. The van der Waals surface area contributed by atoms with E-state index >= 15 is 0 Å². The number of carbonyl (C=O) groups excluding carboxylic acids is 1. The lowest BCUT2D eigenvalue weighted by Gasteiger charge is -2.26. The highest BCUT2D eigenvalue weighted by molar-refractivity contribution is 5.81. The summed E-state index contributed by atoms with van der Waals surface area (Å²) in [6.45, 7) is 10.6. The van der Waals surface area contributed by atoms with Crippen molar-refractivity contribution in [3.63, 3.8) is 0 Å². The van der Waals surface area contributed by atoms with Crippen LogP contribution in [0.15, 0.2) is 0 Å². The molecule has 0 aromatic heterocycles. The highest BCUT2D eigenvalue weighted by atomic mass is 16.2. The number of likely N-dealkylation sites (tertiary alicyclic amines) is 1. The largest absolute Gasteiger partial charge is 0.337 e. The Morgan fingerprint density at radius 1 is 1.31 bits per heavy atom. The zero-order chi connectivity index (χ0) is 10.2. The molecule has 0 aromatic carbocycles. The van der Waals surface area contributed by atoms with E-state index in [1.54, 1.807) is 0 Å². The summed E-state index contributed by atoms with van der Waals surface area (Å²) in [6, 6.07) is 0.783. The lowest BCUT2D eigenvalue weighted by atomic mass is 9.93. The Hall–Kier alpha value is -0.530. The van der Waals surface area contributed by atoms with Gasteiger partial charge in [0.05, 0.1) is 0 Å². The summed E-state index contributed by atoms with van der Waals surface area (Å²) in [5.41, 5.74) is 0. The fourth-order valence-corrected chi connectivity index (χ4v) is 2.31. The molecule has 2 atom stereocenters. The molecule has 1 aliphatic heterocycles. The monoisotopic (exact) mass is 183 g/mol. The van der Waals surface area contributed by atoms with Gasteiger partial charge in [-0.15, -0.1) is 0 Å². The van der Waals surface area contributed by atoms with Gasteiger partial charge in [-0.1, -0.05) is 13.8 Å². The van der Waals surface area contributed by atoms with E-state index in [0.717, 1.165) is 6.42 Å². The molecule has 1 heterocycles. The van der Waals surface area contributed by atoms with Gasteiger partial charge in [0.25, 0.3) is 0 Å². The molecule has 1 rings (SSSR count). The minimum absolute atomic E-state index is 0.261. The molecular formula is C11H21NO. The zero-order valence-electron chi connectivity index (χ0n) is 9.37. The maximum Gasteiger partial charge on any atom is 0.226 e. The Bertz CT molecular complexity index is 198. The molecule has 1 aliphatic rings. The Morgan fingerprint density at radius 2 is 1.85 bits per heavy atom. The molecule has 2 unspecified atom stereocenters. The maximum atomic E-state index is 11.9. The third kappa shape index (κ3) is 1.87. The predicted molar refractivity (Wildman–Crippen MR) is 54.4 cm³/mol. The number of carbonyl (C=O) groups is 1. The zero-order valence-corrected chi connectivity index (χ0v) is 9.37. The molecule has 1 saturated heterocycles. The van der Waals surface area contributed by atoms with Gasteiger partial charge in [0.1, 0.15) is 0 Å². The maximum absolute atomic E-state index is 11.9. The highest BCUT2D eigenvalue weighted by Crippen LogP contribution is 2.31. The van der Waals surface area contributed by atoms with Crippen molar-refractivity contribution in [2.24, 2.45) is 11.8 Å². The Labute approximate surface area is 81.3 Å². The van der Waals surface area contributed by atoms with Crippen LogP contribution in [0.2, 0.25) is 0 Å². The van der Waals surface area contributed by atoms with E-state index < -0.39 is 0 Å². The van der Waals surface area contributed by atoms with Crippen molar-refractivity contribution in [1.29, 1.82) is 0 Å². The van der Waals surface area contributed by atoms with Gasteiger partial charge in [0.15, 0.2) is 0 Å². The molecule has 0 N–H and O–H groups in total. The first-order chi connectivity index (χ1) is 5.95. The van der Waals surface area contributed by atoms with Gasteiger partial charge < -0.3 is 4.90 Å². The molecule has 2 nitrogen and oxygen atoms in total. The van der Waals surface area contributed by atoms with Gasteiger partial charge in [0, 0.05) is 18.0 Å². The van der Waals surface area contributed by atoms with E-state index in [1.807, 2.05) is 4.90 Å². The van der Waals surface area contributed by atoms with Crippen LogP contribution in [-0.2, 0) is 4.79 Å². The van der Waals surface area contributed by atoms with Crippen LogP contribution in [0.5, 0.6) is 0 Å². The van der Waals surface area contributed by atoms with Crippen LogP contribution < -0.4 is 0 Å². The van der Waals surface area contributed by atoms with Crippen LogP contribution in [0.1, 0.15) is 41.0 Å². The average Bonchev–Trinajstić information content (AvgIpc) is 2.26. The van der Waals surface area contributed by atoms with Crippen LogP contribution in [0.4, 0.5) is 0 Å². The van der Waals surface area contributed by atoms with Gasteiger partial charge in [-0.3, -0.25) is 4.79 Å². The van der Waals surface area contributed by atoms with Crippen LogP contribution in [0.3, 0.4) is 0 Å². The second-order valence-electron chi connectivity index (χ2n) is 4.77. The smallest absolute Gasteiger partial charge is 0.226 e. The van der Waals surface area contributed by atoms with E-state index in [1.165, 1.54) is 0 Å². The topological polar surface area (TPSA) is 20.3 Å². The molecule has 1 fully saturated rings. The summed E-state index contributed by atoms with van der Waals surface area (Å²) in [7, 11) is 0. The molecular weight excluding hydrogens is 162 g/mol. The van der Waals surface area contributed by atoms with Crippen molar-refractivity contribution < 1.29 is 4.79 Å². The minimum atomic E-state index is 0.261. The van der Waals surface area contributed by atoms with E-state index in [2.05, 4.69) is 34.6 Å². The molecule has 0 radical (unpaired) electrons. The predicted octanol–water partition coefficient (Wildman–Crippen LogP) is 2.29. The summed E-state index contributed by atoms with van der Waals surface area (Å²) in [6.07, 6.45) is 1.04. The molecule has 13 heavy (non-hydrogen) atoms. The third-order valence-corrected chi connectivity index (χ3v) is 3.00. The average molecular weight is 183 g/mol. The molecule has 0 aliphatic carbocycles. The second kappa shape index (κ2) is 3.69. The normalized spacial score (nSPS) is 29.5. The summed E-state index contributed by atoms with van der Waals surface area (Å²) in [4.78, 5) is 14.0. The summed E-state index contributed by atoms with van der Waals surface area (Å²) in [5, 5.41) is 0. The van der Waals surface area contributed by atoms with Gasteiger partial charge in [0.2, 0.25) is 5.91 Å². The van der Waals surface area contributed by atoms with E-state index in [0.29, 0.717) is 23.9 Å². The van der Waals surface area contributed by atoms with E-state index in [9.17, 15) is 4.79 Å². The van der Waals surface area contributed by atoms with Crippen molar-refractivity contribution in [3.8, 4) is 0 Å². The van der Waals surface area contributed by atoms with Gasteiger partial charge >= 0.3 is 0 Å². The first-order valence-electron chi connectivity index (χ1n) is 5.27. The highest BCUT2D eigenvalue weighted by Gasteiger charge is 2.39. The van der Waals surface area contributed by atoms with Crippen LogP contribution in [0, 0.1) is 11.8 Å². The van der Waals surface area contributed by atoms with Crippen LogP contribution in [-0.4, -0.2) is 22.9 Å². The Kier molecular flexibility index (Phi) is 2.99. The molecule has 1 amide bonds. The first-order valence-corrected chi connectivity index (χ1v) is 5.27. The lowest BCUT2D eigenvalue weighted by molar-refractivity contribution is -0.134. The van der Waals surface area contributed by atoms with Crippen molar-refractivity contribution in [1.82, 2.24) is 4.90 Å². The number of amides is 1. The van der Waals surface area contributed by atoms with Crippen LogP contribution >= 0.6 is 0 Å². The fraction of sp³-hybridized carbons (Fsp3) is 0.909. The van der Waals surface area contributed by atoms with E-state index in [4.69, 9.17) is 0 Å². The molecule has 0 spiro atoms. The number of nitrogens with zero attached hydrogens (tertiary/aromatic N) is 1. The van der Waals surface area contributed by atoms with Gasteiger partial charge in [-0.25, -0.2) is 0 Å². The minimum Gasteiger partial charge on any atom is -0.337 e. The fourth-order valence-electron chi connectivity index (χ4n) is 2.31. The van der Waals surface area contributed by atoms with Crippen molar-refractivity contribution in [2.75, 3.05) is 0 Å². The van der Waals surface area contributed by atoms with Gasteiger partial charge in [-0.05, 0) is 33.1 Å². The summed E-state index contributed by atoms with van der Waals surface area (Å²) in [5.74, 6) is 1.11. The van der Waals surface area contributed by atoms with Crippen LogP contribution in [0.25, 0.3) is 0 Å². The second-order valence-corrected chi connectivity index (χ2v) is 4.77. The Morgan fingerprint density at radius 3 is 2.08 bits per heavy atom. The van der Waals surface area contributed by atoms with Crippen molar-refractivity contribution >= 4 is 5.91 Å². The van der Waals surface area contributed by atoms with E-state index in [-0.39, 0.29) is 5.92 Å². The quantitative estimate of drug-likeness (QED) is 0.643. The third-order valence-electron chi connectivity index (χ3n) is 3.00. The number of hydrogen-bond donors (Lipinski definition) is 0. The molecule has 76 valence electrons.